The summed E-state index contributed by atoms with van der Waals surface area (Å²) in [6.45, 7) is 2.14. The lowest BCUT2D eigenvalue weighted by molar-refractivity contribution is 0.537. The van der Waals surface area contributed by atoms with E-state index < -0.39 is 0 Å². The summed E-state index contributed by atoms with van der Waals surface area (Å²) < 4.78 is 5.89. The van der Waals surface area contributed by atoms with E-state index in [2.05, 4.69) is 47.1 Å². The molecule has 2 rings (SSSR count). The predicted octanol–water partition coefficient (Wildman–Crippen LogP) is 4.93. The molecular formula is C13H12BrClO. The van der Waals surface area contributed by atoms with E-state index in [0.29, 0.717) is 4.67 Å². The normalized spacial score (nSPS) is 12.7. The van der Waals surface area contributed by atoms with Crippen molar-refractivity contribution in [1.82, 2.24) is 0 Å². The molecule has 1 nitrogen and oxygen atoms in total. The molecule has 1 aromatic carbocycles. The third-order valence-corrected chi connectivity index (χ3v) is 3.73. The van der Waals surface area contributed by atoms with Crippen molar-refractivity contribution in [2.45, 2.75) is 18.7 Å². The first kappa shape index (κ1) is 11.7. The van der Waals surface area contributed by atoms with Crippen LogP contribution >= 0.6 is 27.5 Å². The maximum Gasteiger partial charge on any atom is 0.173 e. The third kappa shape index (κ3) is 2.33. The zero-order valence-corrected chi connectivity index (χ0v) is 11.3. The van der Waals surface area contributed by atoms with E-state index >= 15 is 0 Å². The zero-order chi connectivity index (χ0) is 11.5. The molecule has 0 saturated heterocycles. The number of furan rings is 1. The highest BCUT2D eigenvalue weighted by molar-refractivity contribution is 9.10. The second kappa shape index (κ2) is 5.07. The Bertz CT molecular complexity index is 461. The second-order valence-corrected chi connectivity index (χ2v) is 4.76. The van der Waals surface area contributed by atoms with Crippen LogP contribution in [-0.2, 0) is 6.42 Å². The molecular weight excluding hydrogens is 287 g/mol. The molecule has 1 heterocycles. The molecule has 0 N–H and O–H groups in total. The Balaban J connectivity index is 2.27. The molecule has 84 valence electrons. The fourth-order valence-electron chi connectivity index (χ4n) is 1.59. The summed E-state index contributed by atoms with van der Waals surface area (Å²) in [7, 11) is 0. The Labute approximate surface area is 109 Å². The van der Waals surface area contributed by atoms with Gasteiger partial charge in [0, 0.05) is 5.56 Å². The highest BCUT2D eigenvalue weighted by Crippen LogP contribution is 2.34. The average molecular weight is 300 g/mol. The van der Waals surface area contributed by atoms with Crippen molar-refractivity contribution >= 4 is 27.5 Å². The molecule has 1 aromatic heterocycles. The lowest BCUT2D eigenvalue weighted by atomic mass is 10.0. The van der Waals surface area contributed by atoms with E-state index in [0.717, 1.165) is 17.5 Å². The van der Waals surface area contributed by atoms with Crippen LogP contribution in [0.5, 0.6) is 0 Å². The third-order valence-electron chi connectivity index (χ3n) is 2.60. The molecule has 2 aromatic rings. The Morgan fingerprint density at radius 1 is 1.25 bits per heavy atom. The number of aryl methyl sites for hydroxylation is 1. The van der Waals surface area contributed by atoms with Gasteiger partial charge in [0.05, 0.1) is 11.6 Å². The molecule has 0 radical (unpaired) electrons. The van der Waals surface area contributed by atoms with Gasteiger partial charge in [-0.2, -0.15) is 0 Å². The second-order valence-electron chi connectivity index (χ2n) is 3.61. The maximum atomic E-state index is 6.38. The first-order valence-corrected chi connectivity index (χ1v) is 6.41. The van der Waals surface area contributed by atoms with E-state index in [1.807, 2.05) is 6.07 Å². The fraction of sp³-hybridized carbons (Fsp3) is 0.231. The van der Waals surface area contributed by atoms with Crippen molar-refractivity contribution in [2.24, 2.45) is 0 Å². The molecule has 0 amide bonds. The summed E-state index contributed by atoms with van der Waals surface area (Å²) in [4.78, 5) is 0. The Morgan fingerprint density at radius 3 is 2.44 bits per heavy atom. The standard InChI is InChI=1S/C13H12BrClO/c1-2-9-3-5-10(6-4-9)12(15)11-7-8-16-13(11)14/h3-8,12H,2H2,1H3. The highest BCUT2D eigenvalue weighted by Gasteiger charge is 2.15. The van der Waals surface area contributed by atoms with Crippen molar-refractivity contribution < 1.29 is 4.42 Å². The monoisotopic (exact) mass is 298 g/mol. The van der Waals surface area contributed by atoms with Gasteiger partial charge in [0.15, 0.2) is 4.67 Å². The summed E-state index contributed by atoms with van der Waals surface area (Å²) in [6, 6.07) is 10.2. The van der Waals surface area contributed by atoms with Gasteiger partial charge in [-0.1, -0.05) is 31.2 Å². The molecule has 0 aliphatic heterocycles. The number of benzene rings is 1. The van der Waals surface area contributed by atoms with Gasteiger partial charge in [-0.05, 0) is 39.5 Å². The van der Waals surface area contributed by atoms with Crippen LogP contribution in [0, 0.1) is 0 Å². The smallest absolute Gasteiger partial charge is 0.173 e. The molecule has 16 heavy (non-hydrogen) atoms. The fourth-order valence-corrected chi connectivity index (χ4v) is 2.50. The van der Waals surface area contributed by atoms with Gasteiger partial charge >= 0.3 is 0 Å². The van der Waals surface area contributed by atoms with Crippen molar-refractivity contribution in [2.75, 3.05) is 0 Å². The summed E-state index contributed by atoms with van der Waals surface area (Å²) in [5, 5.41) is -0.168. The van der Waals surface area contributed by atoms with Gasteiger partial charge in [0.25, 0.3) is 0 Å². The molecule has 0 aliphatic rings. The van der Waals surface area contributed by atoms with Crippen molar-refractivity contribution in [3.05, 3.63) is 58.0 Å². The van der Waals surface area contributed by atoms with Crippen LogP contribution in [0.1, 0.15) is 29.0 Å². The molecule has 1 unspecified atom stereocenters. The molecule has 3 heteroatoms. The Hall–Kier alpha value is -0.730. The van der Waals surface area contributed by atoms with Gasteiger partial charge in [-0.15, -0.1) is 11.6 Å². The van der Waals surface area contributed by atoms with E-state index in [4.69, 9.17) is 16.0 Å². The molecule has 1 atom stereocenters. The summed E-state index contributed by atoms with van der Waals surface area (Å²) >= 11 is 9.72. The SMILES string of the molecule is CCc1ccc(C(Cl)c2ccoc2Br)cc1. The Kier molecular flexibility index (Phi) is 3.72. The van der Waals surface area contributed by atoms with Crippen molar-refractivity contribution in [3.63, 3.8) is 0 Å². The highest BCUT2D eigenvalue weighted by atomic mass is 79.9. The van der Waals surface area contributed by atoms with Crippen LogP contribution in [0.2, 0.25) is 0 Å². The van der Waals surface area contributed by atoms with E-state index in [1.54, 1.807) is 6.26 Å². The predicted molar refractivity (Wildman–Crippen MR) is 69.9 cm³/mol. The van der Waals surface area contributed by atoms with Crippen LogP contribution in [0.4, 0.5) is 0 Å². The van der Waals surface area contributed by atoms with Crippen molar-refractivity contribution in [3.8, 4) is 0 Å². The average Bonchev–Trinajstić information content (AvgIpc) is 2.75. The summed E-state index contributed by atoms with van der Waals surface area (Å²) in [5.74, 6) is 0. The lowest BCUT2D eigenvalue weighted by Gasteiger charge is -2.08. The molecule has 0 fully saturated rings. The first-order chi connectivity index (χ1) is 7.72. The minimum absolute atomic E-state index is 0.168. The first-order valence-electron chi connectivity index (χ1n) is 5.18. The molecule has 0 spiro atoms. The Morgan fingerprint density at radius 2 is 1.94 bits per heavy atom. The van der Waals surface area contributed by atoms with Gasteiger partial charge in [0.1, 0.15) is 0 Å². The van der Waals surface area contributed by atoms with Gasteiger partial charge in [0.2, 0.25) is 0 Å². The van der Waals surface area contributed by atoms with Gasteiger partial charge in [-0.3, -0.25) is 0 Å². The van der Waals surface area contributed by atoms with E-state index in [-0.39, 0.29) is 5.38 Å². The van der Waals surface area contributed by atoms with Crippen LogP contribution in [0.25, 0.3) is 0 Å². The minimum atomic E-state index is -0.168. The topological polar surface area (TPSA) is 13.1 Å². The summed E-state index contributed by atoms with van der Waals surface area (Å²) in [6.07, 6.45) is 2.68. The summed E-state index contributed by atoms with van der Waals surface area (Å²) in [5.41, 5.74) is 3.37. The number of hydrogen-bond donors (Lipinski definition) is 0. The number of rotatable bonds is 3. The maximum absolute atomic E-state index is 6.38. The van der Waals surface area contributed by atoms with Crippen LogP contribution < -0.4 is 0 Å². The zero-order valence-electron chi connectivity index (χ0n) is 8.91. The van der Waals surface area contributed by atoms with Gasteiger partial charge in [-0.25, -0.2) is 0 Å². The van der Waals surface area contributed by atoms with Crippen LogP contribution in [0.15, 0.2) is 45.7 Å². The lowest BCUT2D eigenvalue weighted by Crippen LogP contribution is -1.92. The number of hydrogen-bond acceptors (Lipinski definition) is 1. The van der Waals surface area contributed by atoms with E-state index in [9.17, 15) is 0 Å². The largest absolute Gasteiger partial charge is 0.457 e. The van der Waals surface area contributed by atoms with Crippen LogP contribution in [-0.4, -0.2) is 0 Å². The number of alkyl halides is 1. The molecule has 0 bridgehead atoms. The molecule has 0 saturated carbocycles. The van der Waals surface area contributed by atoms with Crippen molar-refractivity contribution in [1.29, 1.82) is 0 Å². The van der Waals surface area contributed by atoms with Gasteiger partial charge < -0.3 is 4.42 Å². The van der Waals surface area contributed by atoms with Crippen LogP contribution in [0.3, 0.4) is 0 Å². The minimum Gasteiger partial charge on any atom is -0.457 e. The van der Waals surface area contributed by atoms with E-state index in [1.165, 1.54) is 5.56 Å². The molecule has 0 aliphatic carbocycles. The number of halogens is 2. The quantitative estimate of drug-likeness (QED) is 0.732.